The minimum absolute atomic E-state index is 0.0828. The van der Waals surface area contributed by atoms with Crippen LogP contribution in [0.25, 0.3) is 0 Å². The number of fused-ring (bicyclic) bond motifs is 12. The maximum absolute atomic E-state index is 11.5. The molecule has 0 aliphatic carbocycles. The van der Waals surface area contributed by atoms with Gasteiger partial charge in [-0.15, -0.1) is 0 Å². The molecule has 3 aromatic carbocycles. The second-order valence-electron chi connectivity index (χ2n) is 8.57. The molecule has 0 atom stereocenters. The van der Waals surface area contributed by atoms with Crippen LogP contribution in [0.15, 0.2) is 84.6 Å². The molecule has 4 heterocycles. The standard InChI is InChI=1S/C24H9N9O6/c34-31(35)10-1-4-13-16(7-10)22-25-19(13)28-23-17-8-11(32(36)37)2-5-14(17)21(26-23)30-24-18-9-12(33(38)39)3-6-15(18)20(27-24)29-22/h1-9H. The fourth-order valence-corrected chi connectivity index (χ4v) is 4.55. The lowest BCUT2D eigenvalue weighted by Gasteiger charge is -2.02. The lowest BCUT2D eigenvalue weighted by molar-refractivity contribution is -0.385. The van der Waals surface area contributed by atoms with Crippen molar-refractivity contribution in [3.05, 3.63) is 118 Å². The number of benzene rings is 3. The molecule has 15 nitrogen and oxygen atoms in total. The summed E-state index contributed by atoms with van der Waals surface area (Å²) >= 11 is 0. The summed E-state index contributed by atoms with van der Waals surface area (Å²) in [6, 6.07) is 12.3. The van der Waals surface area contributed by atoms with Crippen LogP contribution < -0.4 is 0 Å². The highest BCUT2D eigenvalue weighted by Gasteiger charge is 2.32. The van der Waals surface area contributed by atoms with E-state index in [9.17, 15) is 30.3 Å². The number of amidine groups is 6. The van der Waals surface area contributed by atoms with Gasteiger partial charge in [-0.05, 0) is 18.2 Å². The van der Waals surface area contributed by atoms with E-state index in [0.717, 1.165) is 0 Å². The van der Waals surface area contributed by atoms with E-state index in [-0.39, 0.29) is 52.1 Å². The summed E-state index contributed by atoms with van der Waals surface area (Å²) in [5, 5.41) is 34.4. The zero-order chi connectivity index (χ0) is 27.0. The molecule has 3 aromatic rings. The van der Waals surface area contributed by atoms with Crippen LogP contribution in [-0.2, 0) is 0 Å². The largest absolute Gasteiger partial charge is 0.270 e. The molecule has 4 aliphatic heterocycles. The first-order chi connectivity index (χ1) is 18.8. The Balaban J connectivity index is 1.54. The molecule has 186 valence electrons. The minimum atomic E-state index is -0.550. The van der Waals surface area contributed by atoms with Crippen LogP contribution in [0.4, 0.5) is 17.1 Å². The molecule has 0 unspecified atom stereocenters. The van der Waals surface area contributed by atoms with E-state index in [1.807, 2.05) is 0 Å². The number of rotatable bonds is 3. The van der Waals surface area contributed by atoms with Gasteiger partial charge in [-0.25, -0.2) is 30.0 Å². The van der Waals surface area contributed by atoms with Crippen molar-refractivity contribution < 1.29 is 14.8 Å². The van der Waals surface area contributed by atoms with Crippen LogP contribution in [0.1, 0.15) is 33.4 Å². The summed E-state index contributed by atoms with van der Waals surface area (Å²) < 4.78 is 0. The minimum Gasteiger partial charge on any atom is -0.258 e. The third kappa shape index (κ3) is 3.30. The van der Waals surface area contributed by atoms with E-state index >= 15 is 0 Å². The second-order valence-corrected chi connectivity index (χ2v) is 8.57. The van der Waals surface area contributed by atoms with Gasteiger partial charge in [0.25, 0.3) is 17.1 Å². The van der Waals surface area contributed by atoms with Crippen molar-refractivity contribution in [1.82, 2.24) is 0 Å². The predicted octanol–water partition coefficient (Wildman–Crippen LogP) is 3.35. The van der Waals surface area contributed by atoms with Crippen molar-refractivity contribution in [2.24, 2.45) is 30.0 Å². The lowest BCUT2D eigenvalue weighted by atomic mass is 10.1. The molecule has 0 saturated carbocycles. The van der Waals surface area contributed by atoms with Crippen LogP contribution in [0.5, 0.6) is 0 Å². The maximum Gasteiger partial charge on any atom is 0.270 e. The van der Waals surface area contributed by atoms with Crippen LogP contribution >= 0.6 is 0 Å². The molecule has 0 N–H and O–H groups in total. The van der Waals surface area contributed by atoms with Crippen LogP contribution in [-0.4, -0.2) is 49.8 Å². The molecule has 15 heteroatoms. The molecule has 7 rings (SSSR count). The molecule has 0 spiro atoms. The van der Waals surface area contributed by atoms with Crippen molar-refractivity contribution in [3.63, 3.8) is 0 Å². The smallest absolute Gasteiger partial charge is 0.258 e. The van der Waals surface area contributed by atoms with Crippen molar-refractivity contribution in [3.8, 4) is 0 Å². The maximum atomic E-state index is 11.5. The summed E-state index contributed by atoms with van der Waals surface area (Å²) in [7, 11) is 0. The number of non-ortho nitro benzene ring substituents is 3. The Hall–Kier alpha value is -6.12. The van der Waals surface area contributed by atoms with Crippen molar-refractivity contribution >= 4 is 52.1 Å². The van der Waals surface area contributed by atoms with E-state index in [1.54, 1.807) is 0 Å². The molecule has 4 aliphatic rings. The Kier molecular flexibility index (Phi) is 4.36. The van der Waals surface area contributed by atoms with Gasteiger partial charge >= 0.3 is 0 Å². The quantitative estimate of drug-likeness (QED) is 0.374. The molecular formula is C24H9N9O6. The first-order valence-corrected chi connectivity index (χ1v) is 11.2. The van der Waals surface area contributed by atoms with Crippen molar-refractivity contribution in [2.75, 3.05) is 0 Å². The predicted molar refractivity (Wildman–Crippen MR) is 139 cm³/mol. The summed E-state index contributed by atoms with van der Waals surface area (Å²) in [5.41, 5.74) is 1.69. The number of nitro benzene ring substituents is 3. The first kappa shape index (κ1) is 22.1. The van der Waals surface area contributed by atoms with E-state index < -0.39 is 14.8 Å². The molecule has 0 amide bonds. The van der Waals surface area contributed by atoms with Gasteiger partial charge in [-0.3, -0.25) is 30.3 Å². The van der Waals surface area contributed by atoms with Crippen molar-refractivity contribution in [1.29, 1.82) is 0 Å². The van der Waals surface area contributed by atoms with Gasteiger partial charge in [0.15, 0.2) is 35.0 Å². The number of nitro groups is 3. The van der Waals surface area contributed by atoms with Gasteiger partial charge in [0.1, 0.15) is 0 Å². The second kappa shape index (κ2) is 7.69. The monoisotopic (exact) mass is 519 g/mol. The summed E-state index contributed by atoms with van der Waals surface area (Å²) in [4.78, 5) is 59.9. The van der Waals surface area contributed by atoms with E-state index in [4.69, 9.17) is 0 Å². The number of hydrogen-bond acceptors (Lipinski definition) is 12. The summed E-state index contributed by atoms with van der Waals surface area (Å²) in [5.74, 6) is 0.674. The van der Waals surface area contributed by atoms with Crippen molar-refractivity contribution in [2.45, 2.75) is 0 Å². The highest BCUT2D eigenvalue weighted by molar-refractivity contribution is 6.35. The summed E-state index contributed by atoms with van der Waals surface area (Å²) in [6.45, 7) is 0. The molecular weight excluding hydrogens is 510 g/mol. The Morgan fingerprint density at radius 2 is 0.615 bits per heavy atom. The first-order valence-electron chi connectivity index (χ1n) is 11.2. The van der Waals surface area contributed by atoms with Gasteiger partial charge in [-0.2, -0.15) is 0 Å². The normalized spacial score (nSPS) is 15.7. The number of hydrogen-bond donors (Lipinski definition) is 0. The highest BCUT2D eigenvalue weighted by Crippen LogP contribution is 2.32. The Morgan fingerprint density at radius 3 is 0.846 bits per heavy atom. The average Bonchev–Trinajstić information content (AvgIpc) is 3.55. The third-order valence-corrected chi connectivity index (χ3v) is 6.36. The van der Waals surface area contributed by atoms with Crippen LogP contribution in [0.2, 0.25) is 0 Å². The van der Waals surface area contributed by atoms with E-state index in [1.165, 1.54) is 54.6 Å². The molecule has 0 aromatic heterocycles. The Labute approximate surface area is 215 Å². The molecule has 0 radical (unpaired) electrons. The average molecular weight is 519 g/mol. The van der Waals surface area contributed by atoms with E-state index in [2.05, 4.69) is 30.0 Å². The zero-order valence-electron chi connectivity index (χ0n) is 19.2. The summed E-state index contributed by atoms with van der Waals surface area (Å²) in [6.07, 6.45) is 0. The van der Waals surface area contributed by atoms with Gasteiger partial charge in [0, 0.05) is 69.8 Å². The Morgan fingerprint density at radius 1 is 0.385 bits per heavy atom. The molecule has 39 heavy (non-hydrogen) atoms. The van der Waals surface area contributed by atoms with Gasteiger partial charge in [-0.1, -0.05) is 0 Å². The van der Waals surface area contributed by atoms with E-state index in [0.29, 0.717) is 33.4 Å². The van der Waals surface area contributed by atoms with Gasteiger partial charge in [0.2, 0.25) is 0 Å². The zero-order valence-corrected chi connectivity index (χ0v) is 19.2. The number of nitrogens with zero attached hydrogens (tertiary/aromatic N) is 9. The fourth-order valence-electron chi connectivity index (χ4n) is 4.55. The van der Waals surface area contributed by atoms with Crippen LogP contribution in [0, 0.1) is 30.3 Å². The topological polar surface area (TPSA) is 204 Å². The molecule has 6 bridgehead atoms. The van der Waals surface area contributed by atoms with Gasteiger partial charge in [0.05, 0.1) is 14.8 Å². The number of aliphatic imine (C=N–C) groups is 6. The Bertz CT molecular complexity index is 1730. The molecule has 0 saturated heterocycles. The lowest BCUT2D eigenvalue weighted by Crippen LogP contribution is -2.03. The van der Waals surface area contributed by atoms with Crippen LogP contribution in [0.3, 0.4) is 0 Å². The fraction of sp³-hybridized carbons (Fsp3) is 0. The third-order valence-electron chi connectivity index (χ3n) is 6.36. The highest BCUT2D eigenvalue weighted by atomic mass is 16.6. The molecule has 0 fully saturated rings. The van der Waals surface area contributed by atoms with Gasteiger partial charge < -0.3 is 0 Å². The SMILES string of the molecule is O=[N+]([O-])c1ccc2c(c1)C1=NC3=NC(=NC4=NC(=NC2=N1)c1cc([N+](=O)[O-])ccc14)c1cc([N+](=O)[O-])ccc13.